The molecule has 0 amide bonds. The lowest BCUT2D eigenvalue weighted by molar-refractivity contribution is 0.279. The monoisotopic (exact) mass is 371 g/mol. The van der Waals surface area contributed by atoms with Crippen LogP contribution in [0.2, 0.25) is 0 Å². The highest BCUT2D eigenvalue weighted by molar-refractivity contribution is 7.13. The number of hydrogen-bond acceptors (Lipinski definition) is 6. The summed E-state index contributed by atoms with van der Waals surface area (Å²) >= 11 is 1.48. The number of nitrogens with one attached hydrogen (secondary N) is 1. The molecule has 0 atom stereocenters. The zero-order chi connectivity index (χ0) is 18.4. The molecule has 2 aromatic carbocycles. The average molecular weight is 371 g/mol. The Bertz CT molecular complexity index is 911. The third kappa shape index (κ3) is 4.58. The van der Waals surface area contributed by atoms with Gasteiger partial charge in [-0.25, -0.2) is 9.37 Å². The Balaban J connectivity index is 1.70. The zero-order valence-electron chi connectivity index (χ0n) is 14.4. The molecule has 0 aliphatic rings. The van der Waals surface area contributed by atoms with Crippen LogP contribution in [0.25, 0.3) is 0 Å². The lowest BCUT2D eigenvalue weighted by Gasteiger charge is -2.11. The molecule has 0 saturated carbocycles. The predicted molar refractivity (Wildman–Crippen MR) is 102 cm³/mol. The Morgan fingerprint density at radius 2 is 2.08 bits per heavy atom. The molecule has 0 aliphatic heterocycles. The van der Waals surface area contributed by atoms with E-state index in [0.29, 0.717) is 17.1 Å². The lowest BCUT2D eigenvalue weighted by atomic mass is 10.2. The number of nitrogens with zero attached hydrogens (tertiary/aromatic N) is 2. The number of hydrogen-bond donors (Lipinski definition) is 1. The van der Waals surface area contributed by atoms with Crippen LogP contribution in [-0.2, 0) is 6.61 Å². The Hall–Kier alpha value is -2.93. The minimum atomic E-state index is -0.299. The number of anilines is 1. The summed E-state index contributed by atoms with van der Waals surface area (Å²) in [6.07, 6.45) is 1.66. The molecular formula is C19H18FN3O2S. The first kappa shape index (κ1) is 17.9. The molecule has 134 valence electrons. The summed E-state index contributed by atoms with van der Waals surface area (Å²) in [6, 6.07) is 11.9. The second-order valence-electron chi connectivity index (χ2n) is 5.45. The molecule has 0 saturated heterocycles. The number of methoxy groups -OCH3 is 1. The van der Waals surface area contributed by atoms with Crippen LogP contribution >= 0.6 is 11.3 Å². The molecule has 1 N–H and O–H groups in total. The van der Waals surface area contributed by atoms with E-state index in [1.807, 2.05) is 18.4 Å². The predicted octanol–water partition coefficient (Wildman–Crippen LogP) is 4.62. The maximum atomic E-state index is 13.7. The summed E-state index contributed by atoms with van der Waals surface area (Å²) in [5.74, 6) is 0.791. The number of ether oxygens (including phenoxy) is 2. The molecule has 0 unspecified atom stereocenters. The molecule has 0 aliphatic carbocycles. The number of hydrazone groups is 1. The van der Waals surface area contributed by atoms with E-state index in [1.165, 1.54) is 17.4 Å². The lowest BCUT2D eigenvalue weighted by Crippen LogP contribution is -2.00. The maximum Gasteiger partial charge on any atom is 0.203 e. The van der Waals surface area contributed by atoms with Gasteiger partial charge >= 0.3 is 0 Å². The number of rotatable bonds is 7. The van der Waals surface area contributed by atoms with Crippen molar-refractivity contribution in [2.75, 3.05) is 12.5 Å². The standard InChI is InChI=1S/C19H18FN3O2S/c1-13-12-26-19(22-13)23-21-10-14-7-8-17(24-2)18(9-14)25-11-15-5-3-4-6-16(15)20/h3-10,12H,11H2,1-2H3,(H,22,23). The van der Waals surface area contributed by atoms with Gasteiger partial charge in [0.05, 0.1) is 19.0 Å². The van der Waals surface area contributed by atoms with E-state index in [4.69, 9.17) is 9.47 Å². The number of aryl methyl sites for hydroxylation is 1. The SMILES string of the molecule is COc1ccc(C=NNc2nc(C)cs2)cc1OCc1ccccc1F. The quantitative estimate of drug-likeness (QED) is 0.486. The normalized spacial score (nSPS) is 10.9. The number of thiazole rings is 1. The molecule has 7 heteroatoms. The summed E-state index contributed by atoms with van der Waals surface area (Å²) in [5, 5.41) is 6.84. The van der Waals surface area contributed by atoms with Gasteiger partial charge in [0.25, 0.3) is 0 Å². The Morgan fingerprint density at radius 3 is 2.81 bits per heavy atom. The van der Waals surface area contributed by atoms with Gasteiger partial charge < -0.3 is 9.47 Å². The van der Waals surface area contributed by atoms with Crippen molar-refractivity contribution in [3.8, 4) is 11.5 Å². The fraction of sp³-hybridized carbons (Fsp3) is 0.158. The summed E-state index contributed by atoms with van der Waals surface area (Å²) in [5.41, 5.74) is 5.12. The summed E-state index contributed by atoms with van der Waals surface area (Å²) < 4.78 is 24.8. The molecule has 5 nitrogen and oxygen atoms in total. The van der Waals surface area contributed by atoms with E-state index in [-0.39, 0.29) is 12.4 Å². The number of halogens is 1. The highest BCUT2D eigenvalue weighted by Gasteiger charge is 2.08. The van der Waals surface area contributed by atoms with E-state index in [0.717, 1.165) is 16.4 Å². The van der Waals surface area contributed by atoms with Crippen LogP contribution in [0.4, 0.5) is 9.52 Å². The summed E-state index contributed by atoms with van der Waals surface area (Å²) in [6.45, 7) is 2.04. The minimum Gasteiger partial charge on any atom is -0.493 e. The highest BCUT2D eigenvalue weighted by Crippen LogP contribution is 2.28. The molecule has 0 spiro atoms. The van der Waals surface area contributed by atoms with Crippen molar-refractivity contribution in [1.82, 2.24) is 4.98 Å². The zero-order valence-corrected chi connectivity index (χ0v) is 15.2. The van der Waals surface area contributed by atoms with Gasteiger partial charge in [0.2, 0.25) is 5.13 Å². The van der Waals surface area contributed by atoms with Gasteiger partial charge in [0.1, 0.15) is 12.4 Å². The maximum absolute atomic E-state index is 13.7. The van der Waals surface area contributed by atoms with Gasteiger partial charge in [-0.05, 0) is 36.8 Å². The molecular weight excluding hydrogens is 353 g/mol. The van der Waals surface area contributed by atoms with E-state index in [2.05, 4.69) is 15.5 Å². The topological polar surface area (TPSA) is 55.7 Å². The van der Waals surface area contributed by atoms with Gasteiger partial charge in [-0.1, -0.05) is 18.2 Å². The van der Waals surface area contributed by atoms with Crippen molar-refractivity contribution in [2.45, 2.75) is 13.5 Å². The second kappa shape index (κ2) is 8.44. The van der Waals surface area contributed by atoms with Gasteiger partial charge in [0, 0.05) is 10.9 Å². The van der Waals surface area contributed by atoms with Crippen molar-refractivity contribution in [2.24, 2.45) is 5.10 Å². The van der Waals surface area contributed by atoms with Crippen molar-refractivity contribution < 1.29 is 13.9 Å². The van der Waals surface area contributed by atoms with Crippen molar-refractivity contribution in [3.05, 3.63) is 70.5 Å². The Labute approximate surface area is 155 Å². The van der Waals surface area contributed by atoms with Gasteiger partial charge in [0.15, 0.2) is 11.5 Å². The largest absolute Gasteiger partial charge is 0.493 e. The van der Waals surface area contributed by atoms with Crippen molar-refractivity contribution in [3.63, 3.8) is 0 Å². The van der Waals surface area contributed by atoms with Crippen LogP contribution in [0.5, 0.6) is 11.5 Å². The van der Waals surface area contributed by atoms with Crippen LogP contribution in [0, 0.1) is 12.7 Å². The van der Waals surface area contributed by atoms with E-state index >= 15 is 0 Å². The van der Waals surface area contributed by atoms with E-state index in [9.17, 15) is 4.39 Å². The van der Waals surface area contributed by atoms with Gasteiger partial charge in [-0.3, -0.25) is 5.43 Å². The fourth-order valence-corrected chi connectivity index (χ4v) is 2.86. The molecule has 1 aromatic heterocycles. The second-order valence-corrected chi connectivity index (χ2v) is 6.31. The molecule has 0 bridgehead atoms. The molecule has 26 heavy (non-hydrogen) atoms. The molecule has 1 heterocycles. The van der Waals surface area contributed by atoms with Crippen molar-refractivity contribution in [1.29, 1.82) is 0 Å². The summed E-state index contributed by atoms with van der Waals surface area (Å²) in [7, 11) is 1.56. The Morgan fingerprint density at radius 1 is 1.23 bits per heavy atom. The van der Waals surface area contributed by atoms with Crippen molar-refractivity contribution >= 4 is 22.7 Å². The van der Waals surface area contributed by atoms with Crippen LogP contribution in [0.15, 0.2) is 52.9 Å². The first-order chi connectivity index (χ1) is 12.7. The first-order valence-electron chi connectivity index (χ1n) is 7.91. The van der Waals surface area contributed by atoms with Gasteiger partial charge in [-0.15, -0.1) is 11.3 Å². The third-order valence-electron chi connectivity index (χ3n) is 3.52. The third-order valence-corrected chi connectivity index (χ3v) is 4.39. The van der Waals surface area contributed by atoms with Crippen LogP contribution in [-0.4, -0.2) is 18.3 Å². The highest BCUT2D eigenvalue weighted by atomic mass is 32.1. The molecule has 0 radical (unpaired) electrons. The molecule has 3 rings (SSSR count). The van der Waals surface area contributed by atoms with Gasteiger partial charge in [-0.2, -0.15) is 5.10 Å². The summed E-state index contributed by atoms with van der Waals surface area (Å²) in [4.78, 5) is 4.27. The van der Waals surface area contributed by atoms with Crippen LogP contribution in [0.1, 0.15) is 16.8 Å². The Kier molecular flexibility index (Phi) is 5.80. The number of benzene rings is 2. The molecule has 0 fully saturated rings. The minimum absolute atomic E-state index is 0.111. The number of aromatic nitrogens is 1. The van der Waals surface area contributed by atoms with E-state index in [1.54, 1.807) is 43.7 Å². The fourth-order valence-electron chi connectivity index (χ4n) is 2.22. The van der Waals surface area contributed by atoms with E-state index < -0.39 is 0 Å². The molecule has 3 aromatic rings. The first-order valence-corrected chi connectivity index (χ1v) is 8.79. The van der Waals surface area contributed by atoms with Crippen LogP contribution in [0.3, 0.4) is 0 Å². The smallest absolute Gasteiger partial charge is 0.203 e. The average Bonchev–Trinajstić information content (AvgIpc) is 3.06. The van der Waals surface area contributed by atoms with Crippen LogP contribution < -0.4 is 14.9 Å².